The van der Waals surface area contributed by atoms with Crippen molar-refractivity contribution in [3.05, 3.63) is 77.9 Å². The van der Waals surface area contributed by atoms with Gasteiger partial charge in [0.2, 0.25) is 0 Å². The van der Waals surface area contributed by atoms with E-state index in [0.717, 1.165) is 31.4 Å². The van der Waals surface area contributed by atoms with Gasteiger partial charge in [0.1, 0.15) is 17.3 Å². The number of alkyl halides is 3. The van der Waals surface area contributed by atoms with E-state index in [-0.39, 0.29) is 36.0 Å². The first-order valence-electron chi connectivity index (χ1n) is 12.9. The number of benzene rings is 3. The Morgan fingerprint density at radius 3 is 2.08 bits per heavy atom. The van der Waals surface area contributed by atoms with Crippen molar-refractivity contribution in [2.24, 2.45) is 5.92 Å². The van der Waals surface area contributed by atoms with Crippen LogP contribution in [0.15, 0.2) is 60.7 Å². The fraction of sp³-hybridized carbons (Fsp3) is 0.419. The zero-order valence-corrected chi connectivity index (χ0v) is 20.8. The molecule has 0 heterocycles. The van der Waals surface area contributed by atoms with Crippen LogP contribution >= 0.6 is 0 Å². The summed E-state index contributed by atoms with van der Waals surface area (Å²) < 4.78 is 78.8. The SMILES string of the molecule is C.CCCCCC1CCC(c2c(F)cc(-c3ccccc3)c(Oc3ccc(OC(F)(F)F)cc3)c2F)CC1. The highest BCUT2D eigenvalue weighted by molar-refractivity contribution is 5.72. The number of rotatable bonds is 9. The quantitative estimate of drug-likeness (QED) is 0.201. The molecule has 0 bridgehead atoms. The summed E-state index contributed by atoms with van der Waals surface area (Å²) in [5.74, 6) is -1.47. The van der Waals surface area contributed by atoms with Crippen molar-refractivity contribution in [1.82, 2.24) is 0 Å². The third kappa shape index (κ3) is 7.49. The van der Waals surface area contributed by atoms with Crippen molar-refractivity contribution in [1.29, 1.82) is 0 Å². The summed E-state index contributed by atoms with van der Waals surface area (Å²) in [7, 11) is 0. The molecule has 0 unspecified atom stereocenters. The molecule has 2 nitrogen and oxygen atoms in total. The van der Waals surface area contributed by atoms with Crippen LogP contribution in [0.25, 0.3) is 11.1 Å². The minimum Gasteiger partial charge on any atom is -0.454 e. The summed E-state index contributed by atoms with van der Waals surface area (Å²) in [5.41, 5.74) is 0.834. The van der Waals surface area contributed by atoms with Crippen LogP contribution in [-0.4, -0.2) is 6.36 Å². The standard InChI is InChI=1S/C30H31F5O2.CH4/c1-2-3-5-8-20-11-13-22(14-12-20)27-26(31)19-25(21-9-6-4-7-10-21)29(28(27)32)36-23-15-17-24(18-16-23)37-30(33,34)35;/h4,6-7,9-10,15-20,22H,2-3,5,8,11-14H2,1H3;1H4. The van der Waals surface area contributed by atoms with Crippen LogP contribution in [0.5, 0.6) is 17.2 Å². The molecule has 0 radical (unpaired) electrons. The number of unbranched alkanes of at least 4 members (excludes halogenated alkanes) is 2. The Hall–Kier alpha value is -3.09. The van der Waals surface area contributed by atoms with Crippen LogP contribution in [-0.2, 0) is 0 Å². The Morgan fingerprint density at radius 1 is 0.842 bits per heavy atom. The summed E-state index contributed by atoms with van der Waals surface area (Å²) in [6.07, 6.45) is 3.17. The topological polar surface area (TPSA) is 18.5 Å². The molecule has 1 aliphatic rings. The van der Waals surface area contributed by atoms with Gasteiger partial charge >= 0.3 is 6.36 Å². The van der Waals surface area contributed by atoms with Crippen LogP contribution in [0.3, 0.4) is 0 Å². The van der Waals surface area contributed by atoms with Gasteiger partial charge < -0.3 is 9.47 Å². The van der Waals surface area contributed by atoms with Gasteiger partial charge in [-0.3, -0.25) is 0 Å². The highest BCUT2D eigenvalue weighted by Crippen LogP contribution is 2.45. The average Bonchev–Trinajstić information content (AvgIpc) is 2.87. The fourth-order valence-corrected chi connectivity index (χ4v) is 5.17. The molecule has 4 rings (SSSR count). The molecule has 206 valence electrons. The molecule has 1 saturated carbocycles. The fourth-order valence-electron chi connectivity index (χ4n) is 5.17. The molecule has 0 spiro atoms. The van der Waals surface area contributed by atoms with Gasteiger partial charge in [-0.15, -0.1) is 13.2 Å². The van der Waals surface area contributed by atoms with Crippen LogP contribution in [0.2, 0.25) is 0 Å². The van der Waals surface area contributed by atoms with E-state index in [1.54, 1.807) is 30.3 Å². The second kappa shape index (κ2) is 13.1. The van der Waals surface area contributed by atoms with Crippen molar-refractivity contribution in [3.8, 4) is 28.4 Å². The molecule has 0 N–H and O–H groups in total. The summed E-state index contributed by atoms with van der Waals surface area (Å²) in [5, 5.41) is 0. The smallest absolute Gasteiger partial charge is 0.454 e. The van der Waals surface area contributed by atoms with Gasteiger partial charge in [-0.2, -0.15) is 0 Å². The van der Waals surface area contributed by atoms with Crippen molar-refractivity contribution >= 4 is 0 Å². The summed E-state index contributed by atoms with van der Waals surface area (Å²) in [6.45, 7) is 2.17. The first-order chi connectivity index (χ1) is 17.7. The van der Waals surface area contributed by atoms with Crippen molar-refractivity contribution in [2.75, 3.05) is 0 Å². The van der Waals surface area contributed by atoms with E-state index in [2.05, 4.69) is 11.7 Å². The van der Waals surface area contributed by atoms with E-state index in [1.165, 1.54) is 37.5 Å². The number of hydrogen-bond donors (Lipinski definition) is 0. The van der Waals surface area contributed by atoms with Gasteiger partial charge in [-0.25, -0.2) is 8.78 Å². The second-order valence-electron chi connectivity index (χ2n) is 9.66. The molecule has 3 aromatic rings. The molecule has 3 aromatic carbocycles. The molecule has 0 amide bonds. The Labute approximate surface area is 221 Å². The Bertz CT molecular complexity index is 1150. The predicted octanol–water partition coefficient (Wildman–Crippen LogP) is 10.8. The normalized spacial score (nSPS) is 17.5. The molecule has 0 atom stereocenters. The number of ether oxygens (including phenoxy) is 2. The van der Waals surface area contributed by atoms with E-state index in [9.17, 15) is 13.2 Å². The minimum atomic E-state index is -4.82. The molecule has 1 fully saturated rings. The van der Waals surface area contributed by atoms with Crippen LogP contribution in [0, 0.1) is 17.6 Å². The minimum absolute atomic E-state index is 0. The largest absolute Gasteiger partial charge is 0.573 e. The summed E-state index contributed by atoms with van der Waals surface area (Å²) in [4.78, 5) is 0. The number of halogens is 5. The molecule has 0 aromatic heterocycles. The summed E-state index contributed by atoms with van der Waals surface area (Å²) >= 11 is 0. The zero-order valence-electron chi connectivity index (χ0n) is 20.8. The molecule has 38 heavy (non-hydrogen) atoms. The molecular formula is C31H35F5O2. The van der Waals surface area contributed by atoms with Crippen LogP contribution < -0.4 is 9.47 Å². The van der Waals surface area contributed by atoms with E-state index in [0.29, 0.717) is 24.3 Å². The van der Waals surface area contributed by atoms with Gasteiger partial charge in [0.05, 0.1) is 0 Å². The maximum absolute atomic E-state index is 16.1. The van der Waals surface area contributed by atoms with Crippen LogP contribution in [0.4, 0.5) is 22.0 Å². The Kier molecular flexibility index (Phi) is 10.2. The highest BCUT2D eigenvalue weighted by atomic mass is 19.4. The van der Waals surface area contributed by atoms with E-state index in [4.69, 9.17) is 4.74 Å². The van der Waals surface area contributed by atoms with Crippen molar-refractivity contribution in [2.45, 2.75) is 78.0 Å². The van der Waals surface area contributed by atoms with E-state index >= 15 is 8.78 Å². The van der Waals surface area contributed by atoms with Gasteiger partial charge in [0.15, 0.2) is 11.6 Å². The maximum atomic E-state index is 16.1. The van der Waals surface area contributed by atoms with E-state index in [1.807, 2.05) is 0 Å². The molecule has 0 saturated heterocycles. The lowest BCUT2D eigenvalue weighted by molar-refractivity contribution is -0.274. The van der Waals surface area contributed by atoms with Gasteiger partial charge in [0, 0.05) is 11.1 Å². The van der Waals surface area contributed by atoms with Gasteiger partial charge in [-0.05, 0) is 73.4 Å². The molecule has 1 aliphatic carbocycles. The Morgan fingerprint density at radius 2 is 1.47 bits per heavy atom. The lowest BCUT2D eigenvalue weighted by atomic mass is 9.76. The first kappa shape index (κ1) is 29.5. The van der Waals surface area contributed by atoms with Gasteiger partial charge in [0.25, 0.3) is 0 Å². The monoisotopic (exact) mass is 534 g/mol. The number of hydrogen-bond acceptors (Lipinski definition) is 2. The Balaban J connectivity index is 0.00000400. The lowest BCUT2D eigenvalue weighted by Gasteiger charge is -2.30. The molecule has 0 aliphatic heterocycles. The second-order valence-corrected chi connectivity index (χ2v) is 9.66. The first-order valence-corrected chi connectivity index (χ1v) is 12.9. The third-order valence-electron chi connectivity index (χ3n) is 7.04. The van der Waals surface area contributed by atoms with Gasteiger partial charge in [-0.1, -0.05) is 70.4 Å². The zero-order chi connectivity index (χ0) is 26.4. The van der Waals surface area contributed by atoms with E-state index < -0.39 is 23.7 Å². The third-order valence-corrected chi connectivity index (χ3v) is 7.04. The van der Waals surface area contributed by atoms with Crippen molar-refractivity contribution in [3.63, 3.8) is 0 Å². The predicted molar refractivity (Wildman–Crippen MR) is 141 cm³/mol. The molecular weight excluding hydrogens is 499 g/mol. The lowest BCUT2D eigenvalue weighted by Crippen LogP contribution is -2.17. The maximum Gasteiger partial charge on any atom is 0.573 e. The molecule has 7 heteroatoms. The van der Waals surface area contributed by atoms with Crippen molar-refractivity contribution < 1.29 is 31.4 Å². The average molecular weight is 535 g/mol. The summed E-state index contributed by atoms with van der Waals surface area (Å²) in [6, 6.07) is 14.8. The van der Waals surface area contributed by atoms with Crippen LogP contribution in [0.1, 0.15) is 77.2 Å². The highest BCUT2D eigenvalue weighted by Gasteiger charge is 2.32.